The van der Waals surface area contributed by atoms with Crippen molar-refractivity contribution in [3.63, 3.8) is 0 Å². The summed E-state index contributed by atoms with van der Waals surface area (Å²) in [6, 6.07) is 18.6. The van der Waals surface area contributed by atoms with E-state index >= 15 is 0 Å². The Labute approximate surface area is 155 Å². The van der Waals surface area contributed by atoms with Gasteiger partial charge in [0.2, 0.25) is 0 Å². The molecule has 2 amide bonds. The van der Waals surface area contributed by atoms with Crippen molar-refractivity contribution in [1.82, 2.24) is 9.88 Å². The number of aromatic nitrogens is 1. The van der Waals surface area contributed by atoms with E-state index in [9.17, 15) is 9.59 Å². The van der Waals surface area contributed by atoms with Gasteiger partial charge in [-0.1, -0.05) is 42.5 Å². The molecule has 4 nitrogen and oxygen atoms in total. The summed E-state index contributed by atoms with van der Waals surface area (Å²) in [6.07, 6.45) is 5.99. The first-order chi connectivity index (χ1) is 12.7. The molecule has 26 heavy (non-hydrogen) atoms. The highest BCUT2D eigenvalue weighted by atomic mass is 32.2. The molecule has 2 aromatic carbocycles. The Hall–Kier alpha value is -2.79. The molecule has 1 aliphatic heterocycles. The number of carbonyl (C=O) groups is 2. The van der Waals surface area contributed by atoms with Crippen molar-refractivity contribution in [3.8, 4) is 0 Å². The van der Waals surface area contributed by atoms with Crippen molar-refractivity contribution in [1.29, 1.82) is 0 Å². The zero-order chi connectivity index (χ0) is 17.9. The minimum Gasteiger partial charge on any atom is -0.347 e. The van der Waals surface area contributed by atoms with Gasteiger partial charge in [0.15, 0.2) is 0 Å². The Morgan fingerprint density at radius 1 is 1.00 bits per heavy atom. The van der Waals surface area contributed by atoms with E-state index in [1.807, 2.05) is 18.2 Å². The average Bonchev–Trinajstić information content (AvgIpc) is 3.20. The van der Waals surface area contributed by atoms with Gasteiger partial charge in [0.05, 0.1) is 4.91 Å². The molecule has 0 radical (unpaired) electrons. The van der Waals surface area contributed by atoms with Crippen LogP contribution in [0.3, 0.4) is 0 Å². The van der Waals surface area contributed by atoms with E-state index in [2.05, 4.69) is 52.5 Å². The summed E-state index contributed by atoms with van der Waals surface area (Å²) in [5, 5.41) is 3.07. The van der Waals surface area contributed by atoms with Crippen LogP contribution in [0, 0.1) is 0 Å². The summed E-state index contributed by atoms with van der Waals surface area (Å²) in [6.45, 7) is 0.937. The lowest BCUT2D eigenvalue weighted by Gasteiger charge is -2.07. The van der Waals surface area contributed by atoms with E-state index in [4.69, 9.17) is 0 Å². The number of thioether (sulfide) groups is 1. The highest BCUT2D eigenvalue weighted by molar-refractivity contribution is 8.18. The van der Waals surface area contributed by atoms with Crippen LogP contribution in [0.25, 0.3) is 17.0 Å². The Kier molecular flexibility index (Phi) is 4.63. The Bertz CT molecular complexity index is 1010. The highest BCUT2D eigenvalue weighted by Crippen LogP contribution is 2.29. The molecule has 0 spiro atoms. The molecule has 0 unspecified atom stereocenters. The molecule has 1 aromatic heterocycles. The Morgan fingerprint density at radius 2 is 1.85 bits per heavy atom. The number of carbonyl (C=O) groups excluding carboxylic acids is 2. The van der Waals surface area contributed by atoms with E-state index in [-0.39, 0.29) is 11.1 Å². The number of imide groups is 1. The van der Waals surface area contributed by atoms with Crippen LogP contribution in [0.2, 0.25) is 0 Å². The minimum atomic E-state index is -0.320. The standard InChI is InChI=1S/C21H18N2O2S/c24-20-19(26-21(25)22-20)14-16-9-4-10-18-17(16)11-13-23(18)12-5-8-15-6-2-1-3-7-15/h1-4,6-7,9-11,13-14H,5,8,12H2,(H,22,24,25)/b19-14-. The van der Waals surface area contributed by atoms with Gasteiger partial charge in [0.1, 0.15) is 0 Å². The number of aryl methyl sites for hydroxylation is 2. The molecule has 4 rings (SSSR count). The number of nitrogens with zero attached hydrogens (tertiary/aromatic N) is 1. The van der Waals surface area contributed by atoms with Gasteiger partial charge in [-0.05, 0) is 53.9 Å². The van der Waals surface area contributed by atoms with E-state index in [0.717, 1.165) is 47.6 Å². The summed E-state index contributed by atoms with van der Waals surface area (Å²) in [5.41, 5.74) is 3.45. The first-order valence-corrected chi connectivity index (χ1v) is 9.39. The van der Waals surface area contributed by atoms with Crippen LogP contribution in [0.15, 0.2) is 65.7 Å². The molecule has 0 saturated carbocycles. The lowest BCUT2D eigenvalue weighted by Crippen LogP contribution is -2.17. The number of rotatable bonds is 5. The van der Waals surface area contributed by atoms with Crippen LogP contribution < -0.4 is 5.32 Å². The fourth-order valence-corrected chi connectivity index (χ4v) is 3.90. The molecule has 1 saturated heterocycles. The highest BCUT2D eigenvalue weighted by Gasteiger charge is 2.25. The molecular weight excluding hydrogens is 344 g/mol. The zero-order valence-electron chi connectivity index (χ0n) is 14.1. The number of hydrogen-bond donors (Lipinski definition) is 1. The number of hydrogen-bond acceptors (Lipinski definition) is 3. The van der Waals surface area contributed by atoms with Crippen LogP contribution in [0.1, 0.15) is 17.5 Å². The molecule has 5 heteroatoms. The number of fused-ring (bicyclic) bond motifs is 1. The molecule has 130 valence electrons. The number of amides is 2. The number of nitrogens with one attached hydrogen (secondary N) is 1. The van der Waals surface area contributed by atoms with Crippen LogP contribution in [-0.4, -0.2) is 15.7 Å². The molecule has 0 atom stereocenters. The van der Waals surface area contributed by atoms with Gasteiger partial charge in [-0.3, -0.25) is 14.9 Å². The molecule has 1 aliphatic rings. The smallest absolute Gasteiger partial charge is 0.290 e. The molecule has 2 heterocycles. The van der Waals surface area contributed by atoms with Crippen molar-refractivity contribution in [3.05, 3.63) is 76.8 Å². The average molecular weight is 362 g/mol. The summed E-state index contributed by atoms with van der Waals surface area (Å²) in [5.74, 6) is -0.320. The topological polar surface area (TPSA) is 51.1 Å². The second-order valence-electron chi connectivity index (χ2n) is 6.23. The maximum atomic E-state index is 11.8. The van der Waals surface area contributed by atoms with Crippen LogP contribution >= 0.6 is 11.8 Å². The van der Waals surface area contributed by atoms with Crippen LogP contribution in [0.4, 0.5) is 4.79 Å². The van der Waals surface area contributed by atoms with Crippen LogP contribution in [0.5, 0.6) is 0 Å². The van der Waals surface area contributed by atoms with Crippen molar-refractivity contribution >= 4 is 39.9 Å². The lowest BCUT2D eigenvalue weighted by molar-refractivity contribution is -0.115. The third-order valence-electron chi connectivity index (χ3n) is 4.48. The summed E-state index contributed by atoms with van der Waals surface area (Å²) in [4.78, 5) is 23.6. The predicted molar refractivity (Wildman–Crippen MR) is 106 cm³/mol. The maximum Gasteiger partial charge on any atom is 0.290 e. The van der Waals surface area contributed by atoms with E-state index in [1.54, 1.807) is 6.08 Å². The van der Waals surface area contributed by atoms with Crippen molar-refractivity contribution in [2.45, 2.75) is 19.4 Å². The van der Waals surface area contributed by atoms with Crippen molar-refractivity contribution < 1.29 is 9.59 Å². The predicted octanol–water partition coefficient (Wildman–Crippen LogP) is 4.60. The fourth-order valence-electron chi connectivity index (χ4n) is 3.23. The van der Waals surface area contributed by atoms with Gasteiger partial charge in [-0.25, -0.2) is 0 Å². The largest absolute Gasteiger partial charge is 0.347 e. The zero-order valence-corrected chi connectivity index (χ0v) is 15.0. The van der Waals surface area contributed by atoms with Crippen molar-refractivity contribution in [2.24, 2.45) is 0 Å². The van der Waals surface area contributed by atoms with E-state index < -0.39 is 0 Å². The lowest BCUT2D eigenvalue weighted by atomic mass is 10.1. The van der Waals surface area contributed by atoms with Gasteiger partial charge in [0.25, 0.3) is 11.1 Å². The normalized spacial score (nSPS) is 15.8. The van der Waals surface area contributed by atoms with Gasteiger partial charge in [-0.15, -0.1) is 0 Å². The van der Waals surface area contributed by atoms with Crippen molar-refractivity contribution in [2.75, 3.05) is 0 Å². The van der Waals surface area contributed by atoms with E-state index in [0.29, 0.717) is 4.91 Å². The third kappa shape index (κ3) is 3.44. The van der Waals surface area contributed by atoms with Crippen LogP contribution in [-0.2, 0) is 17.8 Å². The Morgan fingerprint density at radius 3 is 2.62 bits per heavy atom. The minimum absolute atomic E-state index is 0.313. The third-order valence-corrected chi connectivity index (χ3v) is 5.29. The molecule has 1 N–H and O–H groups in total. The summed E-state index contributed by atoms with van der Waals surface area (Å²) < 4.78 is 2.24. The second-order valence-corrected chi connectivity index (χ2v) is 7.25. The molecule has 3 aromatic rings. The summed E-state index contributed by atoms with van der Waals surface area (Å²) >= 11 is 0.950. The maximum absolute atomic E-state index is 11.8. The monoisotopic (exact) mass is 362 g/mol. The molecule has 1 fully saturated rings. The quantitative estimate of drug-likeness (QED) is 0.675. The summed E-state index contributed by atoms with van der Waals surface area (Å²) in [7, 11) is 0. The molecular formula is C21H18N2O2S. The molecule has 0 bridgehead atoms. The van der Waals surface area contributed by atoms with Gasteiger partial charge >= 0.3 is 0 Å². The SMILES string of the molecule is O=C1NC(=O)/C(=C/c2cccc3c2ccn3CCCc2ccccc2)S1. The Balaban J connectivity index is 1.54. The molecule has 0 aliphatic carbocycles. The first-order valence-electron chi connectivity index (χ1n) is 8.57. The first kappa shape index (κ1) is 16.7. The second kappa shape index (κ2) is 7.22. The van der Waals surface area contributed by atoms with Gasteiger partial charge < -0.3 is 4.57 Å². The van der Waals surface area contributed by atoms with Gasteiger partial charge in [0, 0.05) is 23.6 Å². The van der Waals surface area contributed by atoms with E-state index in [1.165, 1.54) is 5.56 Å². The number of benzene rings is 2. The fraction of sp³-hybridized carbons (Fsp3) is 0.143. The van der Waals surface area contributed by atoms with Gasteiger partial charge in [-0.2, -0.15) is 0 Å².